The predicted molar refractivity (Wildman–Crippen MR) is 82.9 cm³/mol. The maximum Gasteiger partial charge on any atom is 0.237 e. The van der Waals surface area contributed by atoms with Crippen LogP contribution in [0.15, 0.2) is 48.5 Å². The number of hydrogen-bond donors (Lipinski definition) is 1. The molecule has 0 fully saturated rings. The van der Waals surface area contributed by atoms with Crippen molar-refractivity contribution in [2.45, 2.75) is 12.7 Å². The molecule has 1 atom stereocenters. The van der Waals surface area contributed by atoms with Gasteiger partial charge in [0.05, 0.1) is 0 Å². The maximum absolute atomic E-state index is 13.0. The van der Waals surface area contributed by atoms with Gasteiger partial charge in [0.2, 0.25) is 5.91 Å². The van der Waals surface area contributed by atoms with Gasteiger partial charge in [0, 0.05) is 22.2 Å². The minimum absolute atomic E-state index is 0.107. The molecule has 0 saturated carbocycles. The summed E-state index contributed by atoms with van der Waals surface area (Å²) < 4.78 is 25.0. The number of carbonyl (C=O) groups excluding carboxylic acids is 1. The molecule has 0 radical (unpaired) electrons. The Hall–Kier alpha value is -2.01. The van der Waals surface area contributed by atoms with E-state index < -0.39 is 16.6 Å². The average molecular weight is 305 g/mol. The Balaban J connectivity index is 1.89. The maximum atomic E-state index is 13.0. The first-order chi connectivity index (χ1) is 10.0. The normalized spacial score (nSPS) is 11.9. The van der Waals surface area contributed by atoms with Crippen LogP contribution < -0.4 is 5.32 Å². The van der Waals surface area contributed by atoms with Gasteiger partial charge in [-0.2, -0.15) is 0 Å². The molecule has 21 heavy (non-hydrogen) atoms. The van der Waals surface area contributed by atoms with Gasteiger partial charge in [0.1, 0.15) is 11.6 Å². The number of benzene rings is 2. The third-order valence-electron chi connectivity index (χ3n) is 2.81. The fourth-order valence-corrected chi connectivity index (χ4v) is 2.97. The van der Waals surface area contributed by atoms with Crippen LogP contribution in [0.25, 0.3) is 0 Å². The lowest BCUT2D eigenvalue weighted by Crippen LogP contribution is -2.20. The van der Waals surface area contributed by atoms with E-state index in [0.717, 1.165) is 11.1 Å². The Morgan fingerprint density at radius 3 is 2.67 bits per heavy atom. The molecule has 2 aromatic rings. The standard InChI is InChI=1S/C16H16FNO2S/c1-12-4-2-5-13(8-12)10-21(20)11-16(19)18-15-7-3-6-14(17)9-15/h2-9H,10-11H2,1H3,(H,18,19)/t21-/m1/s1. The number of rotatable bonds is 5. The van der Waals surface area contributed by atoms with Crippen molar-refractivity contribution in [3.63, 3.8) is 0 Å². The van der Waals surface area contributed by atoms with Gasteiger partial charge in [-0.15, -0.1) is 0 Å². The molecule has 110 valence electrons. The molecule has 1 amide bonds. The highest BCUT2D eigenvalue weighted by Gasteiger charge is 2.09. The second kappa shape index (κ2) is 7.13. The van der Waals surface area contributed by atoms with Crippen molar-refractivity contribution in [3.05, 3.63) is 65.5 Å². The second-order valence-electron chi connectivity index (χ2n) is 4.78. The molecular weight excluding hydrogens is 289 g/mol. The van der Waals surface area contributed by atoms with Crippen molar-refractivity contribution in [1.82, 2.24) is 0 Å². The summed E-state index contributed by atoms with van der Waals surface area (Å²) in [6, 6.07) is 13.3. The van der Waals surface area contributed by atoms with Crippen LogP contribution in [0.3, 0.4) is 0 Å². The van der Waals surface area contributed by atoms with Crippen molar-refractivity contribution >= 4 is 22.4 Å². The van der Waals surface area contributed by atoms with Gasteiger partial charge < -0.3 is 5.32 Å². The van der Waals surface area contributed by atoms with Gasteiger partial charge in [-0.3, -0.25) is 9.00 Å². The molecule has 0 aliphatic heterocycles. The van der Waals surface area contributed by atoms with Crippen LogP contribution >= 0.6 is 0 Å². The van der Waals surface area contributed by atoms with Crippen molar-refractivity contribution < 1.29 is 13.4 Å². The average Bonchev–Trinajstić information content (AvgIpc) is 2.38. The number of aryl methyl sites for hydroxylation is 1. The summed E-state index contributed by atoms with van der Waals surface area (Å²) in [5.41, 5.74) is 2.40. The smallest absolute Gasteiger partial charge is 0.237 e. The summed E-state index contributed by atoms with van der Waals surface area (Å²) in [4.78, 5) is 11.8. The Labute approximate surface area is 125 Å². The lowest BCUT2D eigenvalue weighted by Gasteiger charge is -2.06. The van der Waals surface area contributed by atoms with Crippen molar-refractivity contribution in [3.8, 4) is 0 Å². The minimum atomic E-state index is -1.29. The van der Waals surface area contributed by atoms with Crippen molar-refractivity contribution in [2.24, 2.45) is 0 Å². The van der Waals surface area contributed by atoms with Crippen LogP contribution in [-0.4, -0.2) is 15.9 Å². The summed E-state index contributed by atoms with van der Waals surface area (Å²) in [5, 5.41) is 2.54. The third-order valence-corrected chi connectivity index (χ3v) is 4.05. The second-order valence-corrected chi connectivity index (χ2v) is 6.23. The van der Waals surface area contributed by atoms with Gasteiger partial charge in [-0.25, -0.2) is 4.39 Å². The minimum Gasteiger partial charge on any atom is -0.325 e. The zero-order valence-corrected chi connectivity index (χ0v) is 12.5. The number of carbonyl (C=O) groups is 1. The first-order valence-corrected chi connectivity index (χ1v) is 7.97. The number of hydrogen-bond acceptors (Lipinski definition) is 2. The van der Waals surface area contributed by atoms with Gasteiger partial charge in [-0.1, -0.05) is 35.9 Å². The van der Waals surface area contributed by atoms with E-state index in [9.17, 15) is 13.4 Å². The molecule has 2 rings (SSSR count). The number of amides is 1. The van der Waals surface area contributed by atoms with E-state index in [-0.39, 0.29) is 11.7 Å². The fourth-order valence-electron chi connectivity index (χ4n) is 1.95. The van der Waals surface area contributed by atoms with Crippen LogP contribution in [0.4, 0.5) is 10.1 Å². The lowest BCUT2D eigenvalue weighted by molar-refractivity contribution is -0.113. The number of anilines is 1. The molecule has 0 spiro atoms. The van der Waals surface area contributed by atoms with E-state index in [1.165, 1.54) is 18.2 Å². The third kappa shape index (κ3) is 5.11. The van der Waals surface area contributed by atoms with Gasteiger partial charge >= 0.3 is 0 Å². The predicted octanol–water partition coefficient (Wildman–Crippen LogP) is 3.02. The molecule has 3 nitrogen and oxygen atoms in total. The summed E-state index contributed by atoms with van der Waals surface area (Å²) in [7, 11) is -1.29. The lowest BCUT2D eigenvalue weighted by atomic mass is 10.2. The van der Waals surface area contributed by atoms with Crippen LogP contribution in [0.1, 0.15) is 11.1 Å². The van der Waals surface area contributed by atoms with Crippen LogP contribution in [0.5, 0.6) is 0 Å². The van der Waals surface area contributed by atoms with Crippen molar-refractivity contribution in [1.29, 1.82) is 0 Å². The Kier molecular flexibility index (Phi) is 5.22. The highest BCUT2D eigenvalue weighted by Crippen LogP contribution is 2.10. The van der Waals surface area contributed by atoms with Crippen LogP contribution in [-0.2, 0) is 21.3 Å². The van der Waals surface area contributed by atoms with E-state index in [1.807, 2.05) is 31.2 Å². The van der Waals surface area contributed by atoms with E-state index >= 15 is 0 Å². The SMILES string of the molecule is Cc1cccc(C[S@@](=O)CC(=O)Nc2cccc(F)c2)c1. The van der Waals surface area contributed by atoms with Gasteiger partial charge in [-0.05, 0) is 30.7 Å². The van der Waals surface area contributed by atoms with E-state index in [1.54, 1.807) is 6.07 Å². The first kappa shape index (κ1) is 15.4. The highest BCUT2D eigenvalue weighted by atomic mass is 32.2. The molecule has 0 unspecified atom stereocenters. The fraction of sp³-hybridized carbons (Fsp3) is 0.188. The summed E-state index contributed by atoms with van der Waals surface area (Å²) in [5.74, 6) is -0.580. The molecule has 0 aromatic heterocycles. The van der Waals surface area contributed by atoms with E-state index in [2.05, 4.69) is 5.32 Å². The molecule has 0 aliphatic rings. The Bertz CT molecular complexity index is 615. The number of halogens is 1. The van der Waals surface area contributed by atoms with E-state index in [4.69, 9.17) is 0 Å². The number of nitrogens with one attached hydrogen (secondary N) is 1. The zero-order chi connectivity index (χ0) is 15.2. The quantitative estimate of drug-likeness (QED) is 0.923. The first-order valence-electron chi connectivity index (χ1n) is 6.49. The molecule has 0 saturated heterocycles. The van der Waals surface area contributed by atoms with Crippen molar-refractivity contribution in [2.75, 3.05) is 11.1 Å². The summed E-state index contributed by atoms with van der Waals surface area (Å²) in [6.45, 7) is 1.96. The monoisotopic (exact) mass is 305 g/mol. The topological polar surface area (TPSA) is 46.2 Å². The Morgan fingerprint density at radius 1 is 1.19 bits per heavy atom. The summed E-state index contributed by atoms with van der Waals surface area (Å²) in [6.07, 6.45) is 0. The molecule has 0 bridgehead atoms. The van der Waals surface area contributed by atoms with Gasteiger partial charge in [0.15, 0.2) is 0 Å². The molecule has 2 aromatic carbocycles. The molecule has 0 aliphatic carbocycles. The summed E-state index contributed by atoms with van der Waals surface area (Å²) >= 11 is 0. The molecule has 5 heteroatoms. The zero-order valence-electron chi connectivity index (χ0n) is 11.6. The van der Waals surface area contributed by atoms with Crippen LogP contribution in [0, 0.1) is 12.7 Å². The van der Waals surface area contributed by atoms with Crippen LogP contribution in [0.2, 0.25) is 0 Å². The largest absolute Gasteiger partial charge is 0.325 e. The Morgan fingerprint density at radius 2 is 1.95 bits per heavy atom. The molecule has 1 N–H and O–H groups in total. The van der Waals surface area contributed by atoms with E-state index in [0.29, 0.717) is 11.4 Å². The molecular formula is C16H16FNO2S. The molecule has 0 heterocycles. The van der Waals surface area contributed by atoms with Gasteiger partial charge in [0.25, 0.3) is 0 Å². The highest BCUT2D eigenvalue weighted by molar-refractivity contribution is 7.84.